The summed E-state index contributed by atoms with van der Waals surface area (Å²) >= 11 is 1.78. The Labute approximate surface area is 279 Å². The van der Waals surface area contributed by atoms with Crippen LogP contribution in [0.2, 0.25) is 0 Å². The molecule has 0 saturated carbocycles. The highest BCUT2D eigenvalue weighted by Crippen LogP contribution is 2.40. The predicted octanol–water partition coefficient (Wildman–Crippen LogP) is 12.0. The zero-order valence-corrected chi connectivity index (χ0v) is 26.4. The van der Waals surface area contributed by atoms with Crippen LogP contribution in [-0.2, 0) is 0 Å². The molecule has 0 aliphatic carbocycles. The van der Waals surface area contributed by atoms with E-state index in [-0.39, 0.29) is 0 Å². The van der Waals surface area contributed by atoms with Crippen molar-refractivity contribution >= 4 is 64.2 Å². The van der Waals surface area contributed by atoms with Gasteiger partial charge in [0.2, 0.25) is 0 Å². The Kier molecular flexibility index (Phi) is 6.01. The molecule has 10 aromatic rings. The van der Waals surface area contributed by atoms with Gasteiger partial charge >= 0.3 is 0 Å². The molecule has 0 unspecified atom stereocenters. The van der Waals surface area contributed by atoms with Crippen molar-refractivity contribution in [2.75, 3.05) is 0 Å². The third kappa shape index (κ3) is 4.40. The van der Waals surface area contributed by atoms with E-state index in [1.807, 2.05) is 18.2 Å². The highest BCUT2D eigenvalue weighted by molar-refractivity contribution is 7.26. The molecular weight excluding hydrogens is 607 g/mol. The first-order valence-electron chi connectivity index (χ1n) is 15.9. The Bertz CT molecular complexity index is 2830. The molecular formula is C43H25N3OS. The van der Waals surface area contributed by atoms with E-state index in [0.29, 0.717) is 17.5 Å². The van der Waals surface area contributed by atoms with Crippen LogP contribution in [0.5, 0.6) is 0 Å². The Morgan fingerprint density at radius 1 is 0.396 bits per heavy atom. The average Bonchev–Trinajstić information content (AvgIpc) is 3.71. The second kappa shape index (κ2) is 10.7. The first-order chi connectivity index (χ1) is 23.7. The molecule has 0 fully saturated rings. The number of rotatable bonds is 4. The summed E-state index contributed by atoms with van der Waals surface area (Å²) in [5, 5.41) is 6.91. The van der Waals surface area contributed by atoms with Gasteiger partial charge in [0.05, 0.1) is 0 Å². The lowest BCUT2D eigenvalue weighted by atomic mass is 10.0. The largest absolute Gasteiger partial charge is 0.456 e. The summed E-state index contributed by atoms with van der Waals surface area (Å²) in [6.45, 7) is 0. The average molecular weight is 632 g/mol. The van der Waals surface area contributed by atoms with Gasteiger partial charge in [-0.1, -0.05) is 109 Å². The Morgan fingerprint density at radius 3 is 1.88 bits per heavy atom. The monoisotopic (exact) mass is 631 g/mol. The van der Waals surface area contributed by atoms with Gasteiger partial charge in [-0.05, 0) is 64.4 Å². The first kappa shape index (κ1) is 27.0. The molecule has 4 nitrogen and oxygen atoms in total. The van der Waals surface area contributed by atoms with Crippen molar-refractivity contribution in [1.82, 2.24) is 15.0 Å². The minimum absolute atomic E-state index is 0.622. The minimum Gasteiger partial charge on any atom is -0.456 e. The topological polar surface area (TPSA) is 51.8 Å². The minimum atomic E-state index is 0.622. The van der Waals surface area contributed by atoms with Gasteiger partial charge in [-0.2, -0.15) is 0 Å². The Balaban J connectivity index is 1.18. The second-order valence-corrected chi connectivity index (χ2v) is 13.1. The summed E-state index contributed by atoms with van der Waals surface area (Å²) in [5.41, 5.74) is 6.87. The number of furan rings is 1. The first-order valence-corrected chi connectivity index (χ1v) is 16.7. The molecule has 3 aromatic heterocycles. The van der Waals surface area contributed by atoms with Crippen LogP contribution in [0.25, 0.3) is 98.2 Å². The summed E-state index contributed by atoms with van der Waals surface area (Å²) in [6, 6.07) is 52.8. The van der Waals surface area contributed by atoms with Crippen molar-refractivity contribution < 1.29 is 4.42 Å². The highest BCUT2D eigenvalue weighted by Gasteiger charge is 2.18. The number of thiophene rings is 1. The summed E-state index contributed by atoms with van der Waals surface area (Å²) in [6.07, 6.45) is 0. The standard InChI is InChI=1S/C43H25N3OS/c1-2-9-26(10-3-1)27-17-19-28(20-18-27)41-44-42(46-43(45-41)34-15-8-14-33-32-13-6-7-16-39(32)48-40(33)34)31-21-22-37-35(24-31)36-23-29-11-4-5-12-30(29)25-38(36)47-37/h1-25H. The zero-order chi connectivity index (χ0) is 31.6. The fourth-order valence-electron chi connectivity index (χ4n) is 6.72. The van der Waals surface area contributed by atoms with Crippen LogP contribution in [0.3, 0.4) is 0 Å². The van der Waals surface area contributed by atoms with E-state index in [1.165, 1.54) is 31.1 Å². The van der Waals surface area contributed by atoms with E-state index in [4.69, 9.17) is 19.4 Å². The molecule has 0 spiro atoms. The summed E-state index contributed by atoms with van der Waals surface area (Å²) < 4.78 is 8.73. The van der Waals surface area contributed by atoms with Crippen LogP contribution in [0.15, 0.2) is 156 Å². The molecule has 0 bridgehead atoms. The van der Waals surface area contributed by atoms with Gasteiger partial charge in [-0.15, -0.1) is 11.3 Å². The molecule has 0 saturated heterocycles. The number of benzene rings is 7. The SMILES string of the molecule is c1ccc(-c2ccc(-c3nc(-c4ccc5oc6cc7ccccc7cc6c5c4)nc(-c4cccc5c4sc4ccccc45)n3)cc2)cc1. The maximum absolute atomic E-state index is 6.31. The maximum Gasteiger partial charge on any atom is 0.165 e. The van der Waals surface area contributed by atoms with Crippen LogP contribution in [0, 0.1) is 0 Å². The molecule has 0 aliphatic rings. The molecule has 224 valence electrons. The van der Waals surface area contributed by atoms with Crippen molar-refractivity contribution in [2.24, 2.45) is 0 Å². The molecule has 0 aliphatic heterocycles. The fourth-order valence-corrected chi connectivity index (χ4v) is 7.93. The van der Waals surface area contributed by atoms with Gasteiger partial charge in [0, 0.05) is 47.6 Å². The lowest BCUT2D eigenvalue weighted by Crippen LogP contribution is -2.00. The lowest BCUT2D eigenvalue weighted by Gasteiger charge is -2.10. The van der Waals surface area contributed by atoms with E-state index < -0.39 is 0 Å². The van der Waals surface area contributed by atoms with Gasteiger partial charge in [0.1, 0.15) is 11.2 Å². The smallest absolute Gasteiger partial charge is 0.165 e. The molecule has 5 heteroatoms. The van der Waals surface area contributed by atoms with Crippen molar-refractivity contribution in [2.45, 2.75) is 0 Å². The molecule has 0 radical (unpaired) electrons. The fraction of sp³-hybridized carbons (Fsp3) is 0. The second-order valence-electron chi connectivity index (χ2n) is 12.0. The van der Waals surface area contributed by atoms with E-state index in [0.717, 1.165) is 49.6 Å². The molecule has 3 heterocycles. The van der Waals surface area contributed by atoms with Crippen molar-refractivity contribution in [3.05, 3.63) is 152 Å². The van der Waals surface area contributed by atoms with Crippen LogP contribution in [0.1, 0.15) is 0 Å². The van der Waals surface area contributed by atoms with E-state index in [2.05, 4.69) is 133 Å². The normalized spacial score (nSPS) is 11.8. The quantitative estimate of drug-likeness (QED) is 0.194. The van der Waals surface area contributed by atoms with Gasteiger partial charge in [0.25, 0.3) is 0 Å². The van der Waals surface area contributed by atoms with E-state index in [1.54, 1.807) is 11.3 Å². The van der Waals surface area contributed by atoms with Gasteiger partial charge in [0.15, 0.2) is 17.5 Å². The van der Waals surface area contributed by atoms with Crippen molar-refractivity contribution in [1.29, 1.82) is 0 Å². The predicted molar refractivity (Wildman–Crippen MR) is 199 cm³/mol. The molecule has 48 heavy (non-hydrogen) atoms. The maximum atomic E-state index is 6.31. The summed E-state index contributed by atoms with van der Waals surface area (Å²) in [5.74, 6) is 1.91. The lowest BCUT2D eigenvalue weighted by molar-refractivity contribution is 0.669. The number of fused-ring (bicyclic) bond motifs is 7. The Morgan fingerprint density at radius 2 is 1.02 bits per heavy atom. The molecule has 0 N–H and O–H groups in total. The summed E-state index contributed by atoms with van der Waals surface area (Å²) in [7, 11) is 0. The molecule has 7 aromatic carbocycles. The van der Waals surface area contributed by atoms with Gasteiger partial charge in [-0.3, -0.25) is 0 Å². The molecule has 0 atom stereocenters. The van der Waals surface area contributed by atoms with Crippen LogP contribution < -0.4 is 0 Å². The number of aromatic nitrogens is 3. The van der Waals surface area contributed by atoms with Crippen LogP contribution in [-0.4, -0.2) is 15.0 Å². The third-order valence-corrected chi connectivity index (χ3v) is 10.3. The Hall–Kier alpha value is -6.17. The highest BCUT2D eigenvalue weighted by atomic mass is 32.1. The molecule has 10 rings (SSSR count). The zero-order valence-electron chi connectivity index (χ0n) is 25.6. The van der Waals surface area contributed by atoms with Crippen LogP contribution >= 0.6 is 11.3 Å². The molecule has 0 amide bonds. The number of hydrogen-bond donors (Lipinski definition) is 0. The van der Waals surface area contributed by atoms with Crippen molar-refractivity contribution in [3.8, 4) is 45.3 Å². The number of hydrogen-bond acceptors (Lipinski definition) is 5. The van der Waals surface area contributed by atoms with Crippen molar-refractivity contribution in [3.63, 3.8) is 0 Å². The summed E-state index contributed by atoms with van der Waals surface area (Å²) in [4.78, 5) is 15.4. The third-order valence-electron chi connectivity index (χ3n) is 9.13. The van der Waals surface area contributed by atoms with E-state index in [9.17, 15) is 0 Å². The number of nitrogens with zero attached hydrogens (tertiary/aromatic N) is 3. The van der Waals surface area contributed by atoms with Crippen LogP contribution in [0.4, 0.5) is 0 Å². The van der Waals surface area contributed by atoms with Gasteiger partial charge < -0.3 is 4.42 Å². The van der Waals surface area contributed by atoms with Gasteiger partial charge in [-0.25, -0.2) is 15.0 Å². The van der Waals surface area contributed by atoms with E-state index >= 15 is 0 Å².